The lowest BCUT2D eigenvalue weighted by molar-refractivity contribution is 0.0697. The number of carboxylic acids is 1. The summed E-state index contributed by atoms with van der Waals surface area (Å²) >= 11 is 6.35. The normalized spacial score (nSPS) is 10.6. The highest BCUT2D eigenvalue weighted by Crippen LogP contribution is 2.27. The predicted molar refractivity (Wildman–Crippen MR) is 87.1 cm³/mol. The van der Waals surface area contributed by atoms with E-state index in [2.05, 4.69) is 13.0 Å². The molecule has 0 saturated carbocycles. The van der Waals surface area contributed by atoms with E-state index < -0.39 is 5.97 Å². The van der Waals surface area contributed by atoms with Crippen LogP contribution in [0.25, 0.3) is 11.1 Å². The van der Waals surface area contributed by atoms with Crippen LogP contribution >= 0.6 is 11.6 Å². The molecule has 0 saturated heterocycles. The fraction of sp³-hybridized carbons (Fsp3) is 0.278. The summed E-state index contributed by atoms with van der Waals surface area (Å²) < 4.78 is 0. The van der Waals surface area contributed by atoms with Gasteiger partial charge in [0, 0.05) is 5.02 Å². The highest BCUT2D eigenvalue weighted by atomic mass is 35.5. The second kappa shape index (κ2) is 7.28. The van der Waals surface area contributed by atoms with Gasteiger partial charge in [0.05, 0.1) is 5.56 Å². The van der Waals surface area contributed by atoms with Crippen LogP contribution in [0.2, 0.25) is 5.02 Å². The third-order valence-corrected chi connectivity index (χ3v) is 3.92. The number of hydrogen-bond donors (Lipinski definition) is 1. The number of halogens is 1. The van der Waals surface area contributed by atoms with Crippen LogP contribution in [0.5, 0.6) is 0 Å². The van der Waals surface area contributed by atoms with Gasteiger partial charge in [0.2, 0.25) is 0 Å². The van der Waals surface area contributed by atoms with Crippen molar-refractivity contribution in [1.29, 1.82) is 0 Å². The first kappa shape index (κ1) is 15.6. The zero-order valence-corrected chi connectivity index (χ0v) is 12.9. The Morgan fingerprint density at radius 1 is 1.05 bits per heavy atom. The lowest BCUT2D eigenvalue weighted by Gasteiger charge is -2.08. The standard InChI is InChI=1S/C18H19ClO2/c1-2-3-4-5-14-8-11-16(12-17(14)19)13-6-9-15(10-7-13)18(20)21/h6-12H,2-5H2,1H3,(H,20,21). The molecular formula is C18H19ClO2. The molecule has 0 fully saturated rings. The Kier molecular flexibility index (Phi) is 5.40. The van der Waals surface area contributed by atoms with Crippen LogP contribution in [0.3, 0.4) is 0 Å². The lowest BCUT2D eigenvalue weighted by atomic mass is 10.0. The van der Waals surface area contributed by atoms with E-state index in [1.807, 2.05) is 24.3 Å². The molecule has 0 spiro atoms. The smallest absolute Gasteiger partial charge is 0.335 e. The zero-order valence-electron chi connectivity index (χ0n) is 12.1. The number of hydrogen-bond acceptors (Lipinski definition) is 1. The Balaban J connectivity index is 2.17. The topological polar surface area (TPSA) is 37.3 Å². The molecule has 2 aromatic carbocycles. The summed E-state index contributed by atoms with van der Waals surface area (Å²) in [5.41, 5.74) is 3.45. The molecule has 0 unspecified atom stereocenters. The zero-order chi connectivity index (χ0) is 15.2. The van der Waals surface area contributed by atoms with Gasteiger partial charge in [-0.1, -0.05) is 55.6 Å². The van der Waals surface area contributed by atoms with Crippen molar-refractivity contribution in [1.82, 2.24) is 0 Å². The second-order valence-corrected chi connectivity index (χ2v) is 5.55. The quantitative estimate of drug-likeness (QED) is 0.722. The first-order valence-electron chi connectivity index (χ1n) is 7.24. The minimum Gasteiger partial charge on any atom is -0.478 e. The Bertz CT molecular complexity index is 618. The fourth-order valence-electron chi connectivity index (χ4n) is 2.30. The fourth-order valence-corrected chi connectivity index (χ4v) is 2.58. The monoisotopic (exact) mass is 302 g/mol. The van der Waals surface area contributed by atoms with Gasteiger partial charge < -0.3 is 5.11 Å². The molecule has 21 heavy (non-hydrogen) atoms. The molecule has 0 aromatic heterocycles. The van der Waals surface area contributed by atoms with E-state index in [0.717, 1.165) is 29.0 Å². The molecular weight excluding hydrogens is 284 g/mol. The maximum atomic E-state index is 10.9. The molecule has 2 rings (SSSR count). The minimum atomic E-state index is -0.911. The average Bonchev–Trinajstić information content (AvgIpc) is 2.49. The third-order valence-electron chi connectivity index (χ3n) is 3.57. The van der Waals surface area contributed by atoms with Crippen molar-refractivity contribution in [3.8, 4) is 11.1 Å². The van der Waals surface area contributed by atoms with Gasteiger partial charge in [-0.15, -0.1) is 0 Å². The van der Waals surface area contributed by atoms with E-state index in [1.165, 1.54) is 18.4 Å². The summed E-state index contributed by atoms with van der Waals surface area (Å²) in [5, 5.41) is 9.69. The van der Waals surface area contributed by atoms with Crippen LogP contribution in [-0.4, -0.2) is 11.1 Å². The molecule has 0 radical (unpaired) electrons. The van der Waals surface area contributed by atoms with E-state index in [0.29, 0.717) is 5.56 Å². The van der Waals surface area contributed by atoms with E-state index in [-0.39, 0.29) is 0 Å². The van der Waals surface area contributed by atoms with Gasteiger partial charge in [-0.25, -0.2) is 4.79 Å². The summed E-state index contributed by atoms with van der Waals surface area (Å²) in [4.78, 5) is 10.9. The Morgan fingerprint density at radius 3 is 2.29 bits per heavy atom. The third kappa shape index (κ3) is 4.08. The van der Waals surface area contributed by atoms with Crippen LogP contribution in [-0.2, 0) is 6.42 Å². The minimum absolute atomic E-state index is 0.293. The van der Waals surface area contributed by atoms with Gasteiger partial charge in [-0.05, 0) is 47.7 Å². The van der Waals surface area contributed by atoms with Crippen molar-refractivity contribution in [3.63, 3.8) is 0 Å². The van der Waals surface area contributed by atoms with Crippen molar-refractivity contribution in [2.45, 2.75) is 32.6 Å². The van der Waals surface area contributed by atoms with Crippen LogP contribution in [0.1, 0.15) is 42.1 Å². The number of aryl methyl sites for hydroxylation is 1. The number of benzene rings is 2. The number of unbranched alkanes of at least 4 members (excludes halogenated alkanes) is 2. The highest BCUT2D eigenvalue weighted by Gasteiger charge is 2.06. The van der Waals surface area contributed by atoms with E-state index >= 15 is 0 Å². The molecule has 0 aliphatic carbocycles. The maximum absolute atomic E-state index is 10.9. The Hall–Kier alpha value is -1.80. The van der Waals surface area contributed by atoms with Gasteiger partial charge in [0.15, 0.2) is 0 Å². The van der Waals surface area contributed by atoms with E-state index in [1.54, 1.807) is 12.1 Å². The van der Waals surface area contributed by atoms with Gasteiger partial charge in [0.1, 0.15) is 0 Å². The number of rotatable bonds is 6. The molecule has 110 valence electrons. The molecule has 0 aliphatic heterocycles. The van der Waals surface area contributed by atoms with Crippen molar-refractivity contribution >= 4 is 17.6 Å². The number of carbonyl (C=O) groups is 1. The van der Waals surface area contributed by atoms with Crippen LogP contribution in [0, 0.1) is 0 Å². The van der Waals surface area contributed by atoms with Gasteiger partial charge in [0.25, 0.3) is 0 Å². The molecule has 0 aliphatic rings. The molecule has 0 heterocycles. The Labute approximate surface area is 130 Å². The molecule has 2 nitrogen and oxygen atoms in total. The van der Waals surface area contributed by atoms with Gasteiger partial charge in [-0.2, -0.15) is 0 Å². The maximum Gasteiger partial charge on any atom is 0.335 e. The summed E-state index contributed by atoms with van der Waals surface area (Å²) in [6, 6.07) is 12.9. The van der Waals surface area contributed by atoms with E-state index in [4.69, 9.17) is 16.7 Å². The summed E-state index contributed by atoms with van der Waals surface area (Å²) in [7, 11) is 0. The number of aromatic carboxylic acids is 1. The van der Waals surface area contributed by atoms with Gasteiger partial charge in [-0.3, -0.25) is 0 Å². The highest BCUT2D eigenvalue weighted by molar-refractivity contribution is 6.31. The summed E-state index contributed by atoms with van der Waals surface area (Å²) in [6.07, 6.45) is 4.58. The van der Waals surface area contributed by atoms with Crippen molar-refractivity contribution < 1.29 is 9.90 Å². The largest absolute Gasteiger partial charge is 0.478 e. The second-order valence-electron chi connectivity index (χ2n) is 5.15. The van der Waals surface area contributed by atoms with Crippen molar-refractivity contribution in [2.75, 3.05) is 0 Å². The number of carboxylic acid groups (broad SMARTS) is 1. The van der Waals surface area contributed by atoms with Crippen LogP contribution in [0.4, 0.5) is 0 Å². The van der Waals surface area contributed by atoms with Crippen molar-refractivity contribution in [2.24, 2.45) is 0 Å². The average molecular weight is 303 g/mol. The molecule has 0 bridgehead atoms. The van der Waals surface area contributed by atoms with Crippen LogP contribution in [0.15, 0.2) is 42.5 Å². The molecule has 0 amide bonds. The van der Waals surface area contributed by atoms with Crippen molar-refractivity contribution in [3.05, 3.63) is 58.6 Å². The SMILES string of the molecule is CCCCCc1ccc(-c2ccc(C(=O)O)cc2)cc1Cl. The molecule has 1 N–H and O–H groups in total. The van der Waals surface area contributed by atoms with E-state index in [9.17, 15) is 4.79 Å². The summed E-state index contributed by atoms with van der Waals surface area (Å²) in [5.74, 6) is -0.911. The molecule has 0 atom stereocenters. The summed E-state index contributed by atoms with van der Waals surface area (Å²) in [6.45, 7) is 2.19. The van der Waals surface area contributed by atoms with Crippen LogP contribution < -0.4 is 0 Å². The molecule has 2 aromatic rings. The predicted octanol–water partition coefficient (Wildman–Crippen LogP) is 5.44. The Morgan fingerprint density at radius 2 is 1.71 bits per heavy atom. The first-order chi connectivity index (χ1) is 10.1. The molecule has 3 heteroatoms. The lowest BCUT2D eigenvalue weighted by Crippen LogP contribution is -1.95. The first-order valence-corrected chi connectivity index (χ1v) is 7.61. The van der Waals surface area contributed by atoms with Gasteiger partial charge >= 0.3 is 5.97 Å².